The predicted octanol–water partition coefficient (Wildman–Crippen LogP) is 5.41. The summed E-state index contributed by atoms with van der Waals surface area (Å²) in [6, 6.07) is 25.0. The number of hydrogen-bond acceptors (Lipinski definition) is 5. The standard InChI is InChI=1S/C24H19NO4/c1-27-20-11-7-18(8-12-20)23-24(29-22(15-26)25-23)19-9-13-21(14-10-19)28-16-17-5-3-2-4-6-17/h2-15H,16H2,1H3. The number of carbonyl (C=O) groups is 1. The van der Waals surface area contributed by atoms with Gasteiger partial charge in [0.2, 0.25) is 6.29 Å². The maximum Gasteiger partial charge on any atom is 0.260 e. The number of ether oxygens (including phenoxy) is 2. The lowest BCUT2D eigenvalue weighted by molar-refractivity contribution is 0.109. The Hall–Kier alpha value is -3.86. The minimum absolute atomic E-state index is 0.0372. The molecule has 4 rings (SSSR count). The molecular weight excluding hydrogens is 366 g/mol. The van der Waals surface area contributed by atoms with Gasteiger partial charge < -0.3 is 13.9 Å². The van der Waals surface area contributed by atoms with Crippen molar-refractivity contribution in [2.24, 2.45) is 0 Å². The Morgan fingerprint density at radius 1 is 0.862 bits per heavy atom. The number of nitrogens with zero attached hydrogens (tertiary/aromatic N) is 1. The number of methoxy groups -OCH3 is 1. The zero-order chi connectivity index (χ0) is 20.1. The van der Waals surface area contributed by atoms with Crippen molar-refractivity contribution < 1.29 is 18.7 Å². The largest absolute Gasteiger partial charge is 0.497 e. The molecule has 5 nitrogen and oxygen atoms in total. The van der Waals surface area contributed by atoms with E-state index < -0.39 is 0 Å². The zero-order valence-corrected chi connectivity index (χ0v) is 15.9. The second-order valence-corrected chi connectivity index (χ2v) is 6.37. The van der Waals surface area contributed by atoms with Gasteiger partial charge in [0, 0.05) is 11.1 Å². The number of carbonyl (C=O) groups excluding carboxylic acids is 1. The maximum atomic E-state index is 11.2. The quantitative estimate of drug-likeness (QED) is 0.398. The molecule has 1 heterocycles. The topological polar surface area (TPSA) is 61.6 Å². The first-order chi connectivity index (χ1) is 14.3. The van der Waals surface area contributed by atoms with Crippen molar-refractivity contribution in [2.75, 3.05) is 7.11 Å². The first-order valence-electron chi connectivity index (χ1n) is 9.14. The van der Waals surface area contributed by atoms with E-state index in [2.05, 4.69) is 4.98 Å². The van der Waals surface area contributed by atoms with E-state index in [1.54, 1.807) is 7.11 Å². The smallest absolute Gasteiger partial charge is 0.260 e. The molecule has 0 unspecified atom stereocenters. The van der Waals surface area contributed by atoms with Crippen LogP contribution in [0.5, 0.6) is 11.5 Å². The maximum absolute atomic E-state index is 11.2. The fourth-order valence-corrected chi connectivity index (χ4v) is 2.97. The zero-order valence-electron chi connectivity index (χ0n) is 15.9. The fourth-order valence-electron chi connectivity index (χ4n) is 2.97. The van der Waals surface area contributed by atoms with Gasteiger partial charge in [-0.1, -0.05) is 30.3 Å². The van der Waals surface area contributed by atoms with Gasteiger partial charge in [-0.15, -0.1) is 0 Å². The van der Waals surface area contributed by atoms with Crippen LogP contribution in [0.2, 0.25) is 0 Å². The van der Waals surface area contributed by atoms with Gasteiger partial charge in [-0.25, -0.2) is 4.98 Å². The third kappa shape index (κ3) is 4.19. The Bertz CT molecular complexity index is 1080. The summed E-state index contributed by atoms with van der Waals surface area (Å²) in [5.41, 5.74) is 3.35. The highest BCUT2D eigenvalue weighted by Gasteiger charge is 2.17. The molecule has 0 amide bonds. The summed E-state index contributed by atoms with van der Waals surface area (Å²) in [5.74, 6) is 2.06. The SMILES string of the molecule is COc1ccc(-c2nc(C=O)oc2-c2ccc(OCc3ccccc3)cc2)cc1. The molecule has 0 atom stereocenters. The molecule has 3 aromatic carbocycles. The monoisotopic (exact) mass is 385 g/mol. The van der Waals surface area contributed by atoms with Crippen LogP contribution in [-0.2, 0) is 6.61 Å². The van der Waals surface area contributed by atoms with Crippen molar-refractivity contribution in [2.45, 2.75) is 6.61 Å². The van der Waals surface area contributed by atoms with Crippen molar-refractivity contribution in [3.63, 3.8) is 0 Å². The molecule has 0 aliphatic heterocycles. The highest BCUT2D eigenvalue weighted by Crippen LogP contribution is 2.34. The van der Waals surface area contributed by atoms with Crippen LogP contribution in [0, 0.1) is 0 Å². The third-order valence-electron chi connectivity index (χ3n) is 4.47. The molecule has 5 heteroatoms. The van der Waals surface area contributed by atoms with Gasteiger partial charge in [0.05, 0.1) is 7.11 Å². The average molecular weight is 385 g/mol. The minimum atomic E-state index is 0.0372. The predicted molar refractivity (Wildman–Crippen MR) is 110 cm³/mol. The van der Waals surface area contributed by atoms with E-state index in [-0.39, 0.29) is 5.89 Å². The van der Waals surface area contributed by atoms with Crippen LogP contribution in [0.1, 0.15) is 16.2 Å². The molecular formula is C24H19NO4. The van der Waals surface area contributed by atoms with E-state index in [4.69, 9.17) is 13.9 Å². The third-order valence-corrected chi connectivity index (χ3v) is 4.47. The molecule has 0 fully saturated rings. The van der Waals surface area contributed by atoms with Gasteiger partial charge in [-0.05, 0) is 54.1 Å². The van der Waals surface area contributed by atoms with Gasteiger partial charge in [0.25, 0.3) is 5.89 Å². The van der Waals surface area contributed by atoms with Crippen molar-refractivity contribution in [1.82, 2.24) is 4.98 Å². The van der Waals surface area contributed by atoms with Gasteiger partial charge in [0.15, 0.2) is 5.76 Å². The number of rotatable bonds is 7. The van der Waals surface area contributed by atoms with E-state index in [1.807, 2.05) is 78.9 Å². The number of aldehydes is 1. The van der Waals surface area contributed by atoms with Crippen LogP contribution in [0.3, 0.4) is 0 Å². The Balaban J connectivity index is 1.58. The van der Waals surface area contributed by atoms with Gasteiger partial charge >= 0.3 is 0 Å². The molecule has 0 saturated heterocycles. The number of oxazole rings is 1. The van der Waals surface area contributed by atoms with E-state index in [0.717, 1.165) is 28.2 Å². The Kier molecular flexibility index (Phi) is 5.38. The van der Waals surface area contributed by atoms with E-state index in [9.17, 15) is 4.79 Å². The fraction of sp³-hybridized carbons (Fsp3) is 0.0833. The summed E-state index contributed by atoms with van der Waals surface area (Å²) in [5, 5.41) is 0. The molecule has 0 radical (unpaired) electrons. The van der Waals surface area contributed by atoms with Gasteiger partial charge in [-0.3, -0.25) is 4.79 Å². The normalized spacial score (nSPS) is 10.5. The molecule has 0 spiro atoms. The van der Waals surface area contributed by atoms with Crippen molar-refractivity contribution in [1.29, 1.82) is 0 Å². The van der Waals surface area contributed by atoms with Crippen LogP contribution in [0.15, 0.2) is 83.3 Å². The van der Waals surface area contributed by atoms with Crippen LogP contribution in [0.25, 0.3) is 22.6 Å². The van der Waals surface area contributed by atoms with E-state index in [1.165, 1.54) is 0 Å². The molecule has 0 aliphatic carbocycles. The molecule has 0 aliphatic rings. The summed E-state index contributed by atoms with van der Waals surface area (Å²) in [7, 11) is 1.61. The van der Waals surface area contributed by atoms with Crippen LogP contribution < -0.4 is 9.47 Å². The van der Waals surface area contributed by atoms with Crippen molar-refractivity contribution in [3.8, 4) is 34.1 Å². The van der Waals surface area contributed by atoms with Gasteiger partial charge in [0.1, 0.15) is 23.8 Å². The summed E-state index contributed by atoms with van der Waals surface area (Å²) >= 11 is 0. The molecule has 4 aromatic rings. The molecule has 29 heavy (non-hydrogen) atoms. The summed E-state index contributed by atoms with van der Waals surface area (Å²) in [6.07, 6.45) is 0.605. The van der Waals surface area contributed by atoms with Crippen molar-refractivity contribution >= 4 is 6.29 Å². The average Bonchev–Trinajstić information content (AvgIpc) is 3.23. The molecule has 0 bridgehead atoms. The second-order valence-electron chi connectivity index (χ2n) is 6.37. The number of benzene rings is 3. The highest BCUT2D eigenvalue weighted by molar-refractivity contribution is 5.80. The lowest BCUT2D eigenvalue weighted by Crippen LogP contribution is -1.94. The molecule has 144 valence electrons. The molecule has 0 saturated carbocycles. The Morgan fingerprint density at radius 3 is 2.17 bits per heavy atom. The number of hydrogen-bond donors (Lipinski definition) is 0. The van der Waals surface area contributed by atoms with Crippen LogP contribution >= 0.6 is 0 Å². The van der Waals surface area contributed by atoms with Crippen molar-refractivity contribution in [3.05, 3.63) is 90.3 Å². The molecule has 0 N–H and O–H groups in total. The second kappa shape index (κ2) is 8.44. The van der Waals surface area contributed by atoms with Gasteiger partial charge in [-0.2, -0.15) is 0 Å². The number of aromatic nitrogens is 1. The summed E-state index contributed by atoms with van der Waals surface area (Å²) < 4.78 is 16.7. The molecule has 1 aromatic heterocycles. The Labute approximate surface area is 168 Å². The van der Waals surface area contributed by atoms with E-state index >= 15 is 0 Å². The minimum Gasteiger partial charge on any atom is -0.497 e. The highest BCUT2D eigenvalue weighted by atomic mass is 16.5. The van der Waals surface area contributed by atoms with E-state index in [0.29, 0.717) is 24.3 Å². The lowest BCUT2D eigenvalue weighted by Gasteiger charge is -2.07. The first kappa shape index (κ1) is 18.5. The lowest BCUT2D eigenvalue weighted by atomic mass is 10.1. The summed E-state index contributed by atoms with van der Waals surface area (Å²) in [4.78, 5) is 15.5. The Morgan fingerprint density at radius 2 is 1.52 bits per heavy atom. The summed E-state index contributed by atoms with van der Waals surface area (Å²) in [6.45, 7) is 0.495. The van der Waals surface area contributed by atoms with Crippen LogP contribution in [0.4, 0.5) is 0 Å². The first-order valence-corrected chi connectivity index (χ1v) is 9.14. The van der Waals surface area contributed by atoms with Crippen LogP contribution in [-0.4, -0.2) is 18.4 Å².